The van der Waals surface area contributed by atoms with Crippen molar-refractivity contribution in [3.63, 3.8) is 0 Å². The van der Waals surface area contributed by atoms with Gasteiger partial charge >= 0.3 is 0 Å². The van der Waals surface area contributed by atoms with E-state index in [2.05, 4.69) is 21.4 Å². The third kappa shape index (κ3) is 5.41. The molecule has 0 saturated heterocycles. The lowest BCUT2D eigenvalue weighted by Crippen LogP contribution is -2.28. The Labute approximate surface area is 118 Å². The SMILES string of the molecule is COCCN(CCC#N)Cc1nc(NN)ccc1Cl. The van der Waals surface area contributed by atoms with Gasteiger partial charge in [-0.05, 0) is 12.1 Å². The van der Waals surface area contributed by atoms with E-state index in [0.717, 1.165) is 12.2 Å². The first-order valence-electron chi connectivity index (χ1n) is 5.91. The summed E-state index contributed by atoms with van der Waals surface area (Å²) in [5.74, 6) is 5.89. The molecule has 19 heavy (non-hydrogen) atoms. The number of hydrogen-bond acceptors (Lipinski definition) is 6. The molecule has 0 saturated carbocycles. The van der Waals surface area contributed by atoms with Gasteiger partial charge in [-0.15, -0.1) is 0 Å². The summed E-state index contributed by atoms with van der Waals surface area (Å²) in [5.41, 5.74) is 3.22. The lowest BCUT2D eigenvalue weighted by Gasteiger charge is -2.21. The van der Waals surface area contributed by atoms with E-state index in [0.29, 0.717) is 37.0 Å². The summed E-state index contributed by atoms with van der Waals surface area (Å²) in [6.45, 7) is 2.52. The van der Waals surface area contributed by atoms with Gasteiger partial charge in [0.2, 0.25) is 0 Å². The fourth-order valence-corrected chi connectivity index (χ4v) is 1.75. The highest BCUT2D eigenvalue weighted by Gasteiger charge is 2.10. The Morgan fingerprint density at radius 2 is 2.32 bits per heavy atom. The molecule has 1 heterocycles. The number of hydrogen-bond donors (Lipinski definition) is 2. The summed E-state index contributed by atoms with van der Waals surface area (Å²) < 4.78 is 5.05. The summed E-state index contributed by atoms with van der Waals surface area (Å²) in [5, 5.41) is 9.25. The van der Waals surface area contributed by atoms with Gasteiger partial charge in [0.15, 0.2) is 0 Å². The van der Waals surface area contributed by atoms with Gasteiger partial charge in [-0.2, -0.15) is 5.26 Å². The van der Waals surface area contributed by atoms with E-state index in [1.54, 1.807) is 19.2 Å². The number of nitrogens with two attached hydrogens (primary N) is 1. The number of pyridine rings is 1. The maximum atomic E-state index is 8.67. The molecule has 0 unspecified atom stereocenters. The number of nitrogen functional groups attached to an aromatic ring is 1. The van der Waals surface area contributed by atoms with Crippen molar-refractivity contribution in [2.24, 2.45) is 5.84 Å². The smallest absolute Gasteiger partial charge is 0.140 e. The normalized spacial score (nSPS) is 10.5. The zero-order valence-corrected chi connectivity index (χ0v) is 11.7. The molecular formula is C12H18ClN5O. The number of aromatic nitrogens is 1. The Morgan fingerprint density at radius 1 is 1.53 bits per heavy atom. The van der Waals surface area contributed by atoms with Crippen LogP contribution >= 0.6 is 11.6 Å². The highest BCUT2D eigenvalue weighted by atomic mass is 35.5. The zero-order chi connectivity index (χ0) is 14.1. The number of anilines is 1. The molecule has 0 aromatic carbocycles. The monoisotopic (exact) mass is 283 g/mol. The van der Waals surface area contributed by atoms with Gasteiger partial charge in [0.05, 0.1) is 23.4 Å². The lowest BCUT2D eigenvalue weighted by atomic mass is 10.3. The van der Waals surface area contributed by atoms with Crippen LogP contribution in [-0.2, 0) is 11.3 Å². The number of methoxy groups -OCH3 is 1. The van der Waals surface area contributed by atoms with Crippen LogP contribution in [0.3, 0.4) is 0 Å². The number of halogens is 1. The molecule has 0 aliphatic heterocycles. The molecule has 1 aromatic rings. The van der Waals surface area contributed by atoms with Crippen LogP contribution in [-0.4, -0.2) is 36.7 Å². The van der Waals surface area contributed by atoms with E-state index in [1.165, 1.54) is 0 Å². The average molecular weight is 284 g/mol. The van der Waals surface area contributed by atoms with Crippen LogP contribution in [0, 0.1) is 11.3 Å². The van der Waals surface area contributed by atoms with Crippen molar-refractivity contribution in [2.45, 2.75) is 13.0 Å². The van der Waals surface area contributed by atoms with E-state index in [-0.39, 0.29) is 0 Å². The van der Waals surface area contributed by atoms with Crippen molar-refractivity contribution < 1.29 is 4.74 Å². The number of ether oxygens (including phenoxy) is 1. The lowest BCUT2D eigenvalue weighted by molar-refractivity contribution is 0.144. The number of nitrogens with one attached hydrogen (secondary N) is 1. The van der Waals surface area contributed by atoms with Crippen molar-refractivity contribution in [2.75, 3.05) is 32.2 Å². The molecule has 0 spiro atoms. The standard InChI is InChI=1S/C12H18ClN5O/c1-19-8-7-18(6-2-5-14)9-11-10(13)3-4-12(16-11)17-15/h3-4H,2,6-9,15H2,1H3,(H,16,17). The van der Waals surface area contributed by atoms with Crippen LogP contribution in [0.1, 0.15) is 12.1 Å². The van der Waals surface area contributed by atoms with Crippen LogP contribution < -0.4 is 11.3 Å². The van der Waals surface area contributed by atoms with Crippen LogP contribution in [0.15, 0.2) is 12.1 Å². The number of nitrogens with zero attached hydrogens (tertiary/aromatic N) is 3. The predicted octanol–water partition coefficient (Wildman–Crippen LogP) is 1.38. The molecule has 0 radical (unpaired) electrons. The number of hydrazine groups is 1. The van der Waals surface area contributed by atoms with E-state index in [4.69, 9.17) is 27.4 Å². The van der Waals surface area contributed by atoms with Crippen LogP contribution in [0.2, 0.25) is 5.02 Å². The quantitative estimate of drug-likeness (QED) is 0.554. The van der Waals surface area contributed by atoms with Crippen molar-refractivity contribution >= 4 is 17.4 Å². The molecule has 0 amide bonds. The summed E-state index contributed by atoms with van der Waals surface area (Å²) in [4.78, 5) is 6.38. The predicted molar refractivity (Wildman–Crippen MR) is 74.4 cm³/mol. The topological polar surface area (TPSA) is 87.2 Å². The molecule has 104 valence electrons. The minimum atomic E-state index is 0.455. The van der Waals surface area contributed by atoms with Gasteiger partial charge in [-0.1, -0.05) is 11.6 Å². The van der Waals surface area contributed by atoms with Crippen molar-refractivity contribution in [3.8, 4) is 6.07 Å². The molecule has 0 aliphatic rings. The fraction of sp³-hybridized carbons (Fsp3) is 0.500. The molecule has 0 fully saturated rings. The molecule has 6 nitrogen and oxygen atoms in total. The second-order valence-electron chi connectivity index (χ2n) is 3.95. The van der Waals surface area contributed by atoms with Crippen molar-refractivity contribution in [1.82, 2.24) is 9.88 Å². The Hall–Kier alpha value is -1.39. The first-order chi connectivity index (χ1) is 9.21. The van der Waals surface area contributed by atoms with Gasteiger partial charge in [0, 0.05) is 33.2 Å². The molecule has 3 N–H and O–H groups in total. The van der Waals surface area contributed by atoms with Gasteiger partial charge in [0.25, 0.3) is 0 Å². The number of rotatable bonds is 8. The maximum Gasteiger partial charge on any atom is 0.140 e. The minimum absolute atomic E-state index is 0.455. The average Bonchev–Trinajstić information content (AvgIpc) is 2.43. The Bertz CT molecular complexity index is 435. The van der Waals surface area contributed by atoms with E-state index < -0.39 is 0 Å². The molecule has 7 heteroatoms. The Balaban J connectivity index is 2.73. The zero-order valence-electron chi connectivity index (χ0n) is 10.9. The third-order valence-corrected chi connectivity index (χ3v) is 2.94. The highest BCUT2D eigenvalue weighted by Crippen LogP contribution is 2.18. The van der Waals surface area contributed by atoms with E-state index in [1.807, 2.05) is 0 Å². The van der Waals surface area contributed by atoms with Gasteiger partial charge < -0.3 is 10.2 Å². The summed E-state index contributed by atoms with van der Waals surface area (Å²) in [6, 6.07) is 5.59. The first kappa shape index (κ1) is 15.7. The summed E-state index contributed by atoms with van der Waals surface area (Å²) >= 11 is 6.11. The molecular weight excluding hydrogens is 266 g/mol. The summed E-state index contributed by atoms with van der Waals surface area (Å²) in [6.07, 6.45) is 0.455. The summed E-state index contributed by atoms with van der Waals surface area (Å²) in [7, 11) is 1.65. The third-order valence-electron chi connectivity index (χ3n) is 2.59. The van der Waals surface area contributed by atoms with E-state index >= 15 is 0 Å². The minimum Gasteiger partial charge on any atom is -0.383 e. The molecule has 0 aliphatic carbocycles. The van der Waals surface area contributed by atoms with Crippen LogP contribution in [0.4, 0.5) is 5.82 Å². The van der Waals surface area contributed by atoms with Crippen LogP contribution in [0.25, 0.3) is 0 Å². The van der Waals surface area contributed by atoms with Gasteiger partial charge in [-0.3, -0.25) is 4.90 Å². The molecule has 1 rings (SSSR count). The van der Waals surface area contributed by atoms with Gasteiger partial charge in [0.1, 0.15) is 5.82 Å². The molecule has 0 atom stereocenters. The van der Waals surface area contributed by atoms with Crippen LogP contribution in [0.5, 0.6) is 0 Å². The number of nitriles is 1. The first-order valence-corrected chi connectivity index (χ1v) is 6.29. The fourth-order valence-electron chi connectivity index (χ4n) is 1.59. The van der Waals surface area contributed by atoms with Crippen molar-refractivity contribution in [3.05, 3.63) is 22.8 Å². The van der Waals surface area contributed by atoms with Gasteiger partial charge in [-0.25, -0.2) is 10.8 Å². The van der Waals surface area contributed by atoms with E-state index in [9.17, 15) is 0 Å². The second kappa shape index (κ2) is 8.67. The Kier molecular flexibility index (Phi) is 7.15. The Morgan fingerprint density at radius 3 is 2.95 bits per heavy atom. The maximum absolute atomic E-state index is 8.67. The second-order valence-corrected chi connectivity index (χ2v) is 4.35. The van der Waals surface area contributed by atoms with Crippen molar-refractivity contribution in [1.29, 1.82) is 5.26 Å². The largest absolute Gasteiger partial charge is 0.383 e. The molecule has 1 aromatic heterocycles. The highest BCUT2D eigenvalue weighted by molar-refractivity contribution is 6.31. The molecule has 0 bridgehead atoms.